The minimum atomic E-state index is -0.623. The monoisotopic (exact) mass is 377 g/mol. The largest absolute Gasteiger partial charge is 0.366 e. The molecule has 7 heteroatoms. The van der Waals surface area contributed by atoms with Crippen LogP contribution in [0, 0.1) is 0 Å². The van der Waals surface area contributed by atoms with E-state index in [0.29, 0.717) is 0 Å². The molecule has 0 unspecified atom stereocenters. The Morgan fingerprint density at radius 1 is 1.14 bits per heavy atom. The van der Waals surface area contributed by atoms with E-state index >= 15 is 0 Å². The molecule has 0 spiro atoms. The Kier molecular flexibility index (Phi) is 3.84. The number of hydrogen-bond donors (Lipinski definition) is 3. The summed E-state index contributed by atoms with van der Waals surface area (Å²) >= 11 is 4.96. The molecule has 0 aromatic heterocycles. The first-order valence-electron chi connectivity index (χ1n) is 6.44. The molecule has 1 aliphatic rings. The average Bonchev–Trinajstić information content (AvgIpc) is 2.50. The van der Waals surface area contributed by atoms with Crippen molar-refractivity contribution in [2.75, 3.05) is 12.4 Å². The van der Waals surface area contributed by atoms with Crippen molar-refractivity contribution >= 4 is 50.9 Å². The molecule has 3 rings (SSSR count). The Hall–Kier alpha value is -1.99. The van der Waals surface area contributed by atoms with Crippen molar-refractivity contribution in [3.63, 3.8) is 0 Å². The molecular weight excluding hydrogens is 366 g/mol. The van der Waals surface area contributed by atoms with Crippen LogP contribution in [0.4, 0.5) is 11.4 Å². The van der Waals surface area contributed by atoms with Crippen LogP contribution in [0.25, 0.3) is 0 Å². The molecule has 1 heterocycles. The molecule has 0 bridgehead atoms. The molecule has 0 fully saturated rings. The first-order valence-corrected chi connectivity index (χ1v) is 8.05. The lowest BCUT2D eigenvalue weighted by atomic mass is 10.0. The number of primary amides is 1. The topological polar surface area (TPSA) is 84.2 Å². The van der Waals surface area contributed by atoms with Crippen LogP contribution < -0.4 is 16.4 Å². The molecule has 5 nitrogen and oxygen atoms in total. The van der Waals surface area contributed by atoms with Gasteiger partial charge in [0.2, 0.25) is 5.91 Å². The van der Waals surface area contributed by atoms with E-state index in [1.165, 1.54) is 18.8 Å². The third-order valence-electron chi connectivity index (χ3n) is 3.29. The highest BCUT2D eigenvalue weighted by atomic mass is 79.9. The van der Waals surface area contributed by atoms with Gasteiger partial charge in [-0.1, -0.05) is 27.7 Å². The fourth-order valence-electron chi connectivity index (χ4n) is 2.24. The number of amides is 2. The highest BCUT2D eigenvalue weighted by Crippen LogP contribution is 2.45. The third kappa shape index (κ3) is 2.57. The number of nitrogens with one attached hydrogen (secondary N) is 2. The Morgan fingerprint density at radius 2 is 1.86 bits per heavy atom. The number of carbonyl (C=O) groups excluding carboxylic acids is 2. The first kappa shape index (κ1) is 14.9. The number of carbonyl (C=O) groups is 2. The molecule has 0 radical (unpaired) electrons. The normalized spacial score (nSPS) is 11.9. The van der Waals surface area contributed by atoms with Gasteiger partial charge in [-0.3, -0.25) is 9.59 Å². The number of fused-ring (bicyclic) bond motifs is 2. The second kappa shape index (κ2) is 5.66. The van der Waals surface area contributed by atoms with Crippen molar-refractivity contribution in [1.29, 1.82) is 0 Å². The Labute approximate surface area is 139 Å². The van der Waals surface area contributed by atoms with Gasteiger partial charge in [0.1, 0.15) is 0 Å². The van der Waals surface area contributed by atoms with Gasteiger partial charge in [-0.15, -0.1) is 0 Å². The number of rotatable bonds is 2. The molecule has 0 saturated carbocycles. The van der Waals surface area contributed by atoms with E-state index in [2.05, 4.69) is 26.6 Å². The molecule has 0 aliphatic carbocycles. The van der Waals surface area contributed by atoms with Gasteiger partial charge in [-0.25, -0.2) is 0 Å². The molecule has 1 aliphatic heterocycles. The summed E-state index contributed by atoms with van der Waals surface area (Å²) in [4.78, 5) is 25.5. The maximum atomic E-state index is 12.0. The number of benzene rings is 2. The summed E-state index contributed by atoms with van der Waals surface area (Å²) in [5, 5.41) is 5.80. The zero-order valence-corrected chi connectivity index (χ0v) is 14.0. The van der Waals surface area contributed by atoms with Gasteiger partial charge in [0.25, 0.3) is 5.91 Å². The van der Waals surface area contributed by atoms with E-state index in [1.807, 2.05) is 18.2 Å². The number of halogens is 1. The Bertz CT molecular complexity index is 808. The molecule has 2 aromatic rings. The van der Waals surface area contributed by atoms with Crippen molar-refractivity contribution in [2.24, 2.45) is 5.73 Å². The van der Waals surface area contributed by atoms with E-state index in [0.717, 1.165) is 25.6 Å². The summed E-state index contributed by atoms with van der Waals surface area (Å²) in [5.41, 5.74) is 7.62. The van der Waals surface area contributed by atoms with Gasteiger partial charge in [0.15, 0.2) is 0 Å². The van der Waals surface area contributed by atoms with Crippen LogP contribution in [0.5, 0.6) is 0 Å². The lowest BCUT2D eigenvalue weighted by Gasteiger charge is -2.22. The highest BCUT2D eigenvalue weighted by Gasteiger charge is 2.22. The zero-order chi connectivity index (χ0) is 15.9. The SMILES string of the molecule is CNC(=O)c1cc2c(cc1C(N)=O)Sc1cc(Br)ccc1N2. The predicted molar refractivity (Wildman–Crippen MR) is 89.9 cm³/mol. The summed E-state index contributed by atoms with van der Waals surface area (Å²) in [7, 11) is 1.52. The van der Waals surface area contributed by atoms with Gasteiger partial charge < -0.3 is 16.4 Å². The van der Waals surface area contributed by atoms with E-state index in [-0.39, 0.29) is 17.0 Å². The van der Waals surface area contributed by atoms with Crippen LogP contribution in [0.15, 0.2) is 44.6 Å². The van der Waals surface area contributed by atoms with Gasteiger partial charge >= 0.3 is 0 Å². The van der Waals surface area contributed by atoms with Crippen molar-refractivity contribution in [1.82, 2.24) is 5.32 Å². The summed E-state index contributed by atoms with van der Waals surface area (Å²) in [6.45, 7) is 0. The lowest BCUT2D eigenvalue weighted by molar-refractivity contribution is 0.0943. The number of hydrogen-bond acceptors (Lipinski definition) is 4. The zero-order valence-electron chi connectivity index (χ0n) is 11.6. The van der Waals surface area contributed by atoms with E-state index in [1.54, 1.807) is 12.1 Å². The summed E-state index contributed by atoms with van der Waals surface area (Å²) in [6, 6.07) is 9.20. The molecule has 4 N–H and O–H groups in total. The first-order chi connectivity index (χ1) is 10.5. The molecule has 22 heavy (non-hydrogen) atoms. The van der Waals surface area contributed by atoms with Gasteiger partial charge in [-0.05, 0) is 30.3 Å². The standard InChI is InChI=1S/C15H12BrN3O2S/c1-18-15(21)9-5-11-13(6-8(9)14(17)20)22-12-4-7(16)2-3-10(12)19-11/h2-6,19H,1H3,(H2,17,20)(H,18,21). The van der Waals surface area contributed by atoms with Crippen LogP contribution in [0.3, 0.4) is 0 Å². The van der Waals surface area contributed by atoms with Crippen LogP contribution in [0.1, 0.15) is 20.7 Å². The number of anilines is 2. The Morgan fingerprint density at radius 3 is 2.55 bits per heavy atom. The van der Waals surface area contributed by atoms with Gasteiger partial charge in [0.05, 0.1) is 22.5 Å². The third-order valence-corrected chi connectivity index (χ3v) is 4.90. The molecule has 2 amide bonds. The van der Waals surface area contributed by atoms with E-state index in [4.69, 9.17) is 5.73 Å². The average molecular weight is 378 g/mol. The summed E-state index contributed by atoms with van der Waals surface area (Å²) < 4.78 is 0.973. The molecular formula is C15H12BrN3O2S. The van der Waals surface area contributed by atoms with Crippen LogP contribution in [-0.2, 0) is 0 Å². The minimum absolute atomic E-state index is 0.214. The second-order valence-corrected chi connectivity index (χ2v) is 6.70. The molecule has 112 valence electrons. The maximum Gasteiger partial charge on any atom is 0.251 e. The summed E-state index contributed by atoms with van der Waals surface area (Å²) in [6.07, 6.45) is 0. The molecule has 2 aromatic carbocycles. The van der Waals surface area contributed by atoms with Crippen LogP contribution in [0.2, 0.25) is 0 Å². The Balaban J connectivity index is 2.12. The lowest BCUT2D eigenvalue weighted by Crippen LogP contribution is -2.24. The molecule has 0 saturated heterocycles. The van der Waals surface area contributed by atoms with Crippen molar-refractivity contribution in [3.05, 3.63) is 45.9 Å². The van der Waals surface area contributed by atoms with Crippen molar-refractivity contribution in [2.45, 2.75) is 9.79 Å². The van der Waals surface area contributed by atoms with Crippen molar-refractivity contribution in [3.8, 4) is 0 Å². The van der Waals surface area contributed by atoms with Crippen molar-refractivity contribution < 1.29 is 9.59 Å². The smallest absolute Gasteiger partial charge is 0.251 e. The highest BCUT2D eigenvalue weighted by molar-refractivity contribution is 9.10. The van der Waals surface area contributed by atoms with Crippen LogP contribution in [-0.4, -0.2) is 18.9 Å². The second-order valence-electron chi connectivity index (χ2n) is 4.70. The number of nitrogens with two attached hydrogens (primary N) is 1. The maximum absolute atomic E-state index is 12.0. The van der Waals surface area contributed by atoms with E-state index in [9.17, 15) is 9.59 Å². The van der Waals surface area contributed by atoms with Gasteiger partial charge in [0, 0.05) is 21.3 Å². The fourth-order valence-corrected chi connectivity index (χ4v) is 3.80. The quantitative estimate of drug-likeness (QED) is 0.640. The fraction of sp³-hybridized carbons (Fsp3) is 0.0667. The minimum Gasteiger partial charge on any atom is -0.366 e. The predicted octanol–water partition coefficient (Wildman–Crippen LogP) is 3.12. The summed E-state index contributed by atoms with van der Waals surface area (Å²) in [5.74, 6) is -0.966. The van der Waals surface area contributed by atoms with Crippen LogP contribution >= 0.6 is 27.7 Å². The molecule has 0 atom stereocenters. The van der Waals surface area contributed by atoms with Gasteiger partial charge in [-0.2, -0.15) is 0 Å². The van der Waals surface area contributed by atoms with E-state index < -0.39 is 5.91 Å².